The molecule has 0 saturated carbocycles. The Labute approximate surface area is 113 Å². The number of aliphatic hydroxyl groups is 1. The summed E-state index contributed by atoms with van der Waals surface area (Å²) in [6.07, 6.45) is 1.01. The van der Waals surface area contributed by atoms with Crippen molar-refractivity contribution in [1.82, 2.24) is 15.1 Å². The number of β-amino-alcohol motifs (C(OH)–C–C–N with tert-alkyl or cyclic N) is 1. The molecule has 1 atom stereocenters. The minimum atomic E-state index is 0.00754. The van der Waals surface area contributed by atoms with Crippen molar-refractivity contribution in [1.29, 1.82) is 0 Å². The van der Waals surface area contributed by atoms with Gasteiger partial charge in [-0.2, -0.15) is 11.8 Å². The highest BCUT2D eigenvalue weighted by Gasteiger charge is 2.27. The van der Waals surface area contributed by atoms with Crippen molar-refractivity contribution in [3.8, 4) is 0 Å². The lowest BCUT2D eigenvalue weighted by atomic mass is 10.2. The highest BCUT2D eigenvalue weighted by Crippen LogP contribution is 2.12. The number of thioether (sulfide) groups is 1. The van der Waals surface area contributed by atoms with Crippen molar-refractivity contribution in [2.45, 2.75) is 12.5 Å². The van der Waals surface area contributed by atoms with Crippen molar-refractivity contribution in [3.05, 3.63) is 0 Å². The average molecular weight is 273 g/mol. The van der Waals surface area contributed by atoms with Crippen molar-refractivity contribution >= 4 is 17.7 Å². The van der Waals surface area contributed by atoms with E-state index in [0.29, 0.717) is 0 Å². The molecule has 1 unspecified atom stereocenters. The van der Waals surface area contributed by atoms with Gasteiger partial charge in [-0.25, -0.2) is 0 Å². The zero-order chi connectivity index (χ0) is 12.8. The molecule has 2 saturated heterocycles. The van der Waals surface area contributed by atoms with E-state index < -0.39 is 0 Å². The number of carbonyl (C=O) groups is 1. The topological polar surface area (TPSA) is 55.8 Å². The average Bonchev–Trinajstić information content (AvgIpc) is 2.65. The highest BCUT2D eigenvalue weighted by atomic mass is 32.2. The maximum absolute atomic E-state index is 12.4. The van der Waals surface area contributed by atoms with Crippen LogP contribution >= 0.6 is 11.8 Å². The van der Waals surface area contributed by atoms with Gasteiger partial charge in [-0.1, -0.05) is 0 Å². The molecule has 0 aromatic rings. The van der Waals surface area contributed by atoms with Gasteiger partial charge in [0.2, 0.25) is 5.91 Å². The van der Waals surface area contributed by atoms with Crippen LogP contribution in [0.15, 0.2) is 0 Å². The summed E-state index contributed by atoms with van der Waals surface area (Å²) in [5.41, 5.74) is 0. The lowest BCUT2D eigenvalue weighted by Gasteiger charge is -2.29. The van der Waals surface area contributed by atoms with Crippen molar-refractivity contribution in [2.75, 3.05) is 57.4 Å². The fraction of sp³-hybridized carbons (Fsp3) is 0.917. The summed E-state index contributed by atoms with van der Waals surface area (Å²) in [6.45, 7) is 5.37. The predicted octanol–water partition coefficient (Wildman–Crippen LogP) is -0.782. The van der Waals surface area contributed by atoms with E-state index in [1.54, 1.807) is 0 Å². The number of nitrogens with zero attached hydrogens (tertiary/aromatic N) is 2. The Balaban J connectivity index is 1.82. The van der Waals surface area contributed by atoms with Crippen LogP contribution < -0.4 is 5.32 Å². The smallest absolute Gasteiger partial charge is 0.240 e. The largest absolute Gasteiger partial charge is 0.395 e. The first-order chi connectivity index (χ1) is 8.81. The molecule has 0 bridgehead atoms. The molecular weight excluding hydrogens is 250 g/mol. The van der Waals surface area contributed by atoms with Gasteiger partial charge in [0.05, 0.1) is 12.6 Å². The molecule has 104 valence electrons. The number of carbonyl (C=O) groups excluding carboxylic acids is 1. The van der Waals surface area contributed by atoms with Gasteiger partial charge in [0.25, 0.3) is 0 Å². The number of rotatable bonds is 3. The lowest BCUT2D eigenvalue weighted by Crippen LogP contribution is -2.51. The molecule has 2 aliphatic rings. The lowest BCUT2D eigenvalue weighted by molar-refractivity contribution is -0.132. The van der Waals surface area contributed by atoms with Crippen molar-refractivity contribution < 1.29 is 9.90 Å². The zero-order valence-corrected chi connectivity index (χ0v) is 11.6. The number of aliphatic hydroxyl groups excluding tert-OH is 1. The summed E-state index contributed by atoms with van der Waals surface area (Å²) in [5.74, 6) is 2.26. The molecule has 2 N–H and O–H groups in total. The van der Waals surface area contributed by atoms with E-state index in [1.165, 1.54) is 0 Å². The maximum atomic E-state index is 12.4. The van der Waals surface area contributed by atoms with Crippen LogP contribution in [0.5, 0.6) is 0 Å². The minimum Gasteiger partial charge on any atom is -0.395 e. The Morgan fingerprint density at radius 2 is 2.22 bits per heavy atom. The van der Waals surface area contributed by atoms with Gasteiger partial charge in [-0.15, -0.1) is 0 Å². The molecule has 6 heteroatoms. The quantitative estimate of drug-likeness (QED) is 0.706. The van der Waals surface area contributed by atoms with Gasteiger partial charge in [0.1, 0.15) is 0 Å². The van der Waals surface area contributed by atoms with E-state index in [0.717, 1.165) is 57.2 Å². The number of amides is 1. The highest BCUT2D eigenvalue weighted by molar-refractivity contribution is 7.99. The SMILES string of the molecule is O=C(C1CSCCN1)N1CCCN(CCO)CC1. The molecule has 2 heterocycles. The van der Waals surface area contributed by atoms with Crippen LogP contribution in [0.2, 0.25) is 0 Å². The molecule has 2 fully saturated rings. The van der Waals surface area contributed by atoms with E-state index in [-0.39, 0.29) is 18.6 Å². The fourth-order valence-electron chi connectivity index (χ4n) is 2.50. The second kappa shape index (κ2) is 7.33. The number of hydrogen-bond acceptors (Lipinski definition) is 5. The summed E-state index contributed by atoms with van der Waals surface area (Å²) in [5, 5.41) is 12.3. The Hall–Kier alpha value is -0.300. The van der Waals surface area contributed by atoms with Gasteiger partial charge < -0.3 is 15.3 Å². The summed E-state index contributed by atoms with van der Waals surface area (Å²) in [6, 6.07) is 0.00754. The van der Waals surface area contributed by atoms with Gasteiger partial charge in [-0.05, 0) is 13.0 Å². The Morgan fingerprint density at radius 3 is 2.94 bits per heavy atom. The first-order valence-corrected chi connectivity index (χ1v) is 7.90. The maximum Gasteiger partial charge on any atom is 0.240 e. The van der Waals surface area contributed by atoms with Crippen molar-refractivity contribution in [2.24, 2.45) is 0 Å². The summed E-state index contributed by atoms with van der Waals surface area (Å²) >= 11 is 1.86. The van der Waals surface area contributed by atoms with Crippen LogP contribution in [-0.4, -0.2) is 84.2 Å². The van der Waals surface area contributed by atoms with E-state index in [4.69, 9.17) is 5.11 Å². The van der Waals surface area contributed by atoms with Gasteiger partial charge >= 0.3 is 0 Å². The second-order valence-electron chi connectivity index (χ2n) is 4.83. The first kappa shape index (κ1) is 14.1. The Bertz CT molecular complexity index is 272. The molecule has 0 spiro atoms. The molecule has 18 heavy (non-hydrogen) atoms. The summed E-state index contributed by atoms with van der Waals surface area (Å²) < 4.78 is 0. The number of nitrogens with one attached hydrogen (secondary N) is 1. The molecule has 0 aliphatic carbocycles. The molecule has 2 aliphatic heterocycles. The summed E-state index contributed by atoms with van der Waals surface area (Å²) in [4.78, 5) is 16.6. The normalized spacial score (nSPS) is 26.9. The van der Waals surface area contributed by atoms with Crippen LogP contribution in [0.3, 0.4) is 0 Å². The monoisotopic (exact) mass is 273 g/mol. The fourth-order valence-corrected chi connectivity index (χ4v) is 3.43. The van der Waals surface area contributed by atoms with Crippen LogP contribution in [-0.2, 0) is 4.79 Å². The Morgan fingerprint density at radius 1 is 1.33 bits per heavy atom. The van der Waals surface area contributed by atoms with Crippen LogP contribution in [0.1, 0.15) is 6.42 Å². The minimum absolute atomic E-state index is 0.00754. The van der Waals surface area contributed by atoms with Gasteiger partial charge in [0, 0.05) is 44.2 Å². The molecule has 0 radical (unpaired) electrons. The third-order valence-electron chi connectivity index (χ3n) is 3.54. The van der Waals surface area contributed by atoms with Gasteiger partial charge in [0.15, 0.2) is 0 Å². The van der Waals surface area contributed by atoms with Crippen molar-refractivity contribution in [3.63, 3.8) is 0 Å². The first-order valence-electron chi connectivity index (χ1n) is 6.74. The second-order valence-corrected chi connectivity index (χ2v) is 5.98. The van der Waals surface area contributed by atoms with Crippen LogP contribution in [0.25, 0.3) is 0 Å². The van der Waals surface area contributed by atoms with E-state index in [1.807, 2.05) is 16.7 Å². The third kappa shape index (κ3) is 3.85. The molecule has 0 aromatic heterocycles. The van der Waals surface area contributed by atoms with Crippen LogP contribution in [0.4, 0.5) is 0 Å². The Kier molecular flexibility index (Phi) is 5.75. The third-order valence-corrected chi connectivity index (χ3v) is 4.60. The molecular formula is C12H23N3O2S. The predicted molar refractivity (Wildman–Crippen MR) is 73.8 cm³/mol. The van der Waals surface area contributed by atoms with E-state index in [9.17, 15) is 4.79 Å². The zero-order valence-electron chi connectivity index (χ0n) is 10.8. The molecule has 2 rings (SSSR count). The summed E-state index contributed by atoms with van der Waals surface area (Å²) in [7, 11) is 0. The standard InChI is InChI=1S/C12H23N3O2S/c16-8-7-14-3-1-4-15(6-5-14)12(17)11-10-18-9-2-13-11/h11,13,16H,1-10H2. The van der Waals surface area contributed by atoms with Crippen LogP contribution in [0, 0.1) is 0 Å². The molecule has 0 aromatic carbocycles. The molecule has 5 nitrogen and oxygen atoms in total. The number of hydrogen-bond donors (Lipinski definition) is 2. The van der Waals surface area contributed by atoms with E-state index >= 15 is 0 Å². The van der Waals surface area contributed by atoms with E-state index in [2.05, 4.69) is 10.2 Å². The van der Waals surface area contributed by atoms with Gasteiger partial charge in [-0.3, -0.25) is 9.69 Å². The molecule has 1 amide bonds.